The van der Waals surface area contributed by atoms with Crippen LogP contribution < -0.4 is 5.32 Å². The number of halogens is 3. The summed E-state index contributed by atoms with van der Waals surface area (Å²) in [5.74, 6) is -2.43. The van der Waals surface area contributed by atoms with Gasteiger partial charge in [0.1, 0.15) is 16.8 Å². The smallest absolute Gasteiger partial charge is 0.258 e. The van der Waals surface area contributed by atoms with Crippen molar-refractivity contribution in [2.45, 2.75) is 6.92 Å². The molecule has 0 aliphatic carbocycles. The lowest BCUT2D eigenvalue weighted by Crippen LogP contribution is -2.15. The zero-order valence-electron chi connectivity index (χ0n) is 9.75. The van der Waals surface area contributed by atoms with Crippen molar-refractivity contribution in [2.75, 3.05) is 5.32 Å². The highest BCUT2D eigenvalue weighted by molar-refractivity contribution is 6.29. The number of hydrogen-bond acceptors (Lipinski definition) is 3. The number of nitrogens with zero attached hydrogens (tertiary/aromatic N) is 2. The fourth-order valence-corrected chi connectivity index (χ4v) is 1.68. The SMILES string of the molecule is Cc1cc(Cl)nc(NC(=O)c2cc(F)cc(F)c2)n1. The summed E-state index contributed by atoms with van der Waals surface area (Å²) in [6, 6.07) is 4.02. The summed E-state index contributed by atoms with van der Waals surface area (Å²) in [4.78, 5) is 19.5. The number of aryl methyl sites for hydroxylation is 1. The van der Waals surface area contributed by atoms with Gasteiger partial charge in [0.15, 0.2) is 0 Å². The van der Waals surface area contributed by atoms with Crippen LogP contribution in [0.25, 0.3) is 0 Å². The first kappa shape index (κ1) is 13.4. The van der Waals surface area contributed by atoms with Crippen LogP contribution in [0.5, 0.6) is 0 Å². The average molecular weight is 284 g/mol. The van der Waals surface area contributed by atoms with E-state index in [0.717, 1.165) is 12.1 Å². The molecule has 0 bridgehead atoms. The molecule has 0 saturated heterocycles. The summed E-state index contributed by atoms with van der Waals surface area (Å²) in [5.41, 5.74) is 0.388. The number of benzene rings is 1. The van der Waals surface area contributed by atoms with Crippen LogP contribution in [0.15, 0.2) is 24.3 Å². The molecule has 2 rings (SSSR count). The zero-order valence-corrected chi connectivity index (χ0v) is 10.5. The number of carbonyl (C=O) groups is 1. The Balaban J connectivity index is 2.25. The number of anilines is 1. The van der Waals surface area contributed by atoms with Gasteiger partial charge in [0.25, 0.3) is 5.91 Å². The first-order valence-corrected chi connectivity index (χ1v) is 5.60. The molecule has 1 aromatic heterocycles. The zero-order chi connectivity index (χ0) is 14.0. The van der Waals surface area contributed by atoms with Gasteiger partial charge in [0.05, 0.1) is 0 Å². The lowest BCUT2D eigenvalue weighted by molar-refractivity contribution is 0.102. The van der Waals surface area contributed by atoms with E-state index in [9.17, 15) is 13.6 Å². The molecule has 7 heteroatoms. The maximum absolute atomic E-state index is 13.0. The molecule has 19 heavy (non-hydrogen) atoms. The van der Waals surface area contributed by atoms with Crippen molar-refractivity contribution in [3.63, 3.8) is 0 Å². The Morgan fingerprint density at radius 3 is 2.37 bits per heavy atom. The molecule has 1 heterocycles. The second-order valence-corrected chi connectivity index (χ2v) is 4.16. The molecule has 0 aliphatic rings. The largest absolute Gasteiger partial charge is 0.290 e. The van der Waals surface area contributed by atoms with Crippen LogP contribution in [0.3, 0.4) is 0 Å². The van der Waals surface area contributed by atoms with Crippen LogP contribution in [0.2, 0.25) is 5.15 Å². The summed E-state index contributed by atoms with van der Waals surface area (Å²) in [6.45, 7) is 1.67. The van der Waals surface area contributed by atoms with Crippen molar-refractivity contribution in [3.8, 4) is 0 Å². The molecule has 0 fully saturated rings. The summed E-state index contributed by atoms with van der Waals surface area (Å²) >= 11 is 5.71. The highest BCUT2D eigenvalue weighted by Gasteiger charge is 2.11. The van der Waals surface area contributed by atoms with Crippen LogP contribution in [0.4, 0.5) is 14.7 Å². The average Bonchev–Trinajstić information content (AvgIpc) is 2.25. The van der Waals surface area contributed by atoms with Gasteiger partial charge >= 0.3 is 0 Å². The van der Waals surface area contributed by atoms with Gasteiger partial charge in [-0.25, -0.2) is 18.7 Å². The van der Waals surface area contributed by atoms with Crippen molar-refractivity contribution in [2.24, 2.45) is 0 Å². The minimum Gasteiger partial charge on any atom is -0.290 e. The van der Waals surface area contributed by atoms with E-state index in [1.165, 1.54) is 6.07 Å². The molecule has 1 N–H and O–H groups in total. The molecular formula is C12H8ClF2N3O. The Hall–Kier alpha value is -2.08. The van der Waals surface area contributed by atoms with E-state index >= 15 is 0 Å². The van der Waals surface area contributed by atoms with E-state index in [2.05, 4.69) is 15.3 Å². The number of aromatic nitrogens is 2. The third kappa shape index (κ3) is 3.45. The van der Waals surface area contributed by atoms with E-state index in [0.29, 0.717) is 11.8 Å². The van der Waals surface area contributed by atoms with Gasteiger partial charge < -0.3 is 0 Å². The molecule has 0 unspecified atom stereocenters. The van der Waals surface area contributed by atoms with Crippen molar-refractivity contribution in [3.05, 3.63) is 52.3 Å². The molecule has 0 aliphatic heterocycles. The predicted octanol–water partition coefficient (Wildman–Crippen LogP) is 2.97. The molecule has 2 aromatic rings. The summed E-state index contributed by atoms with van der Waals surface area (Å²) in [7, 11) is 0. The van der Waals surface area contributed by atoms with Crippen molar-refractivity contribution < 1.29 is 13.6 Å². The molecule has 4 nitrogen and oxygen atoms in total. The standard InChI is InChI=1S/C12H8ClF2N3O/c1-6-2-10(13)17-12(16-6)18-11(19)7-3-8(14)5-9(15)4-7/h2-5H,1H3,(H,16,17,18,19). The Morgan fingerprint density at radius 1 is 1.16 bits per heavy atom. The van der Waals surface area contributed by atoms with Crippen molar-refractivity contribution in [1.82, 2.24) is 9.97 Å². The third-order valence-electron chi connectivity index (χ3n) is 2.17. The minimum atomic E-state index is -0.839. The number of rotatable bonds is 2. The Bertz CT molecular complexity index is 608. The van der Waals surface area contributed by atoms with E-state index in [4.69, 9.17) is 11.6 Å². The second-order valence-electron chi connectivity index (χ2n) is 3.77. The molecule has 0 saturated carbocycles. The number of nitrogens with one attached hydrogen (secondary N) is 1. The van der Waals surface area contributed by atoms with Crippen molar-refractivity contribution >= 4 is 23.5 Å². The van der Waals surface area contributed by atoms with E-state index in [-0.39, 0.29) is 16.7 Å². The van der Waals surface area contributed by atoms with E-state index in [1.807, 2.05) is 0 Å². The van der Waals surface area contributed by atoms with E-state index in [1.54, 1.807) is 6.92 Å². The van der Waals surface area contributed by atoms with Crippen LogP contribution >= 0.6 is 11.6 Å². The normalized spacial score (nSPS) is 10.3. The van der Waals surface area contributed by atoms with Gasteiger partial charge in [0.2, 0.25) is 5.95 Å². The highest BCUT2D eigenvalue weighted by Crippen LogP contribution is 2.12. The summed E-state index contributed by atoms with van der Waals surface area (Å²) < 4.78 is 26.0. The first-order valence-electron chi connectivity index (χ1n) is 5.22. The minimum absolute atomic E-state index is 0.0281. The van der Waals surface area contributed by atoms with Crippen LogP contribution in [-0.4, -0.2) is 15.9 Å². The fourth-order valence-electron chi connectivity index (χ4n) is 1.44. The monoisotopic (exact) mass is 283 g/mol. The molecule has 98 valence electrons. The lowest BCUT2D eigenvalue weighted by Gasteiger charge is -2.05. The Morgan fingerprint density at radius 2 is 1.79 bits per heavy atom. The summed E-state index contributed by atoms with van der Waals surface area (Å²) in [5, 5.41) is 2.48. The quantitative estimate of drug-likeness (QED) is 0.862. The Kier molecular flexibility index (Phi) is 3.71. The molecule has 1 aromatic carbocycles. The molecule has 1 amide bonds. The number of amides is 1. The van der Waals surface area contributed by atoms with Gasteiger partial charge in [-0.05, 0) is 25.1 Å². The topological polar surface area (TPSA) is 54.9 Å². The number of carbonyl (C=O) groups excluding carboxylic acids is 1. The lowest BCUT2D eigenvalue weighted by atomic mass is 10.2. The molecule has 0 atom stereocenters. The summed E-state index contributed by atoms with van der Waals surface area (Å²) in [6.07, 6.45) is 0. The molecule has 0 spiro atoms. The van der Waals surface area contributed by atoms with Crippen LogP contribution in [-0.2, 0) is 0 Å². The van der Waals surface area contributed by atoms with E-state index < -0.39 is 17.5 Å². The second kappa shape index (κ2) is 5.27. The maximum Gasteiger partial charge on any atom is 0.258 e. The van der Waals surface area contributed by atoms with Gasteiger partial charge in [-0.1, -0.05) is 11.6 Å². The van der Waals surface area contributed by atoms with Crippen LogP contribution in [0.1, 0.15) is 16.1 Å². The molecular weight excluding hydrogens is 276 g/mol. The first-order chi connectivity index (χ1) is 8.94. The van der Waals surface area contributed by atoms with Crippen molar-refractivity contribution in [1.29, 1.82) is 0 Å². The Labute approximate surface area is 112 Å². The van der Waals surface area contributed by atoms with Crippen LogP contribution in [0, 0.1) is 18.6 Å². The molecule has 0 radical (unpaired) electrons. The maximum atomic E-state index is 13.0. The number of hydrogen-bond donors (Lipinski definition) is 1. The third-order valence-corrected chi connectivity index (χ3v) is 2.37. The van der Waals surface area contributed by atoms with Gasteiger partial charge in [-0.3, -0.25) is 10.1 Å². The predicted molar refractivity (Wildman–Crippen MR) is 66.1 cm³/mol. The highest BCUT2D eigenvalue weighted by atomic mass is 35.5. The fraction of sp³-hybridized carbons (Fsp3) is 0.0833. The van der Waals surface area contributed by atoms with Gasteiger partial charge in [-0.15, -0.1) is 0 Å². The van der Waals surface area contributed by atoms with Gasteiger partial charge in [0, 0.05) is 17.3 Å². The van der Waals surface area contributed by atoms with Gasteiger partial charge in [-0.2, -0.15) is 0 Å².